The van der Waals surface area contributed by atoms with E-state index in [2.05, 4.69) is 10.3 Å². The highest BCUT2D eigenvalue weighted by Gasteiger charge is 2.42. The lowest BCUT2D eigenvalue weighted by Gasteiger charge is -2.28. The number of carbonyl (C=O) groups excluding carboxylic acids is 1. The van der Waals surface area contributed by atoms with E-state index in [-0.39, 0.29) is 12.5 Å². The van der Waals surface area contributed by atoms with Crippen molar-refractivity contribution >= 4 is 28.6 Å². The lowest BCUT2D eigenvalue weighted by atomic mass is 9.97. The minimum Gasteiger partial charge on any atom is -0.394 e. The summed E-state index contributed by atoms with van der Waals surface area (Å²) < 4.78 is 0. The Balaban J connectivity index is 1.74. The van der Waals surface area contributed by atoms with Crippen LogP contribution in [-0.2, 0) is 0 Å². The van der Waals surface area contributed by atoms with Crippen molar-refractivity contribution < 1.29 is 9.90 Å². The van der Waals surface area contributed by atoms with E-state index in [1.807, 2.05) is 23.8 Å². The van der Waals surface area contributed by atoms with Gasteiger partial charge >= 0.3 is 0 Å². The van der Waals surface area contributed by atoms with Crippen LogP contribution in [0.1, 0.15) is 29.4 Å². The topological polar surface area (TPSA) is 62.2 Å². The van der Waals surface area contributed by atoms with Crippen molar-refractivity contribution in [2.24, 2.45) is 5.92 Å². The van der Waals surface area contributed by atoms with Crippen LogP contribution < -0.4 is 5.32 Å². The summed E-state index contributed by atoms with van der Waals surface area (Å²) in [6.07, 6.45) is 3.75. The van der Waals surface area contributed by atoms with Gasteiger partial charge in [-0.2, -0.15) is 11.3 Å². The molecule has 2 aromatic rings. The fourth-order valence-electron chi connectivity index (χ4n) is 2.21. The molecule has 3 rings (SSSR count). The number of carbonyl (C=O) groups is 1. The zero-order valence-corrected chi connectivity index (χ0v) is 12.8. The normalized spacial score (nSPS) is 17.7. The minimum absolute atomic E-state index is 0.0282. The molecule has 0 aromatic carbocycles. The molecule has 2 N–H and O–H groups in total. The maximum absolute atomic E-state index is 12.3. The Bertz CT molecular complexity index is 604. The summed E-state index contributed by atoms with van der Waals surface area (Å²) in [6.45, 7) is 1.88. The van der Waals surface area contributed by atoms with Crippen LogP contribution in [0.25, 0.3) is 10.6 Å². The first kappa shape index (κ1) is 13.7. The summed E-state index contributed by atoms with van der Waals surface area (Å²) in [5, 5.41) is 17.3. The molecule has 1 amide bonds. The predicted octanol–water partition coefficient (Wildman–Crippen LogP) is 2.76. The number of hydrogen-bond acceptors (Lipinski definition) is 5. The number of thiazole rings is 1. The van der Waals surface area contributed by atoms with Crippen LogP contribution >= 0.6 is 22.7 Å². The molecule has 1 saturated carbocycles. The van der Waals surface area contributed by atoms with Gasteiger partial charge in [0.1, 0.15) is 9.88 Å². The number of thiophene rings is 1. The molecule has 1 aliphatic rings. The number of amides is 1. The van der Waals surface area contributed by atoms with Gasteiger partial charge in [-0.15, -0.1) is 11.3 Å². The van der Waals surface area contributed by atoms with Crippen LogP contribution in [0.2, 0.25) is 0 Å². The van der Waals surface area contributed by atoms with Crippen molar-refractivity contribution in [1.29, 1.82) is 0 Å². The van der Waals surface area contributed by atoms with E-state index in [1.54, 1.807) is 17.5 Å². The van der Waals surface area contributed by atoms with E-state index in [4.69, 9.17) is 0 Å². The van der Waals surface area contributed by atoms with Gasteiger partial charge in [-0.1, -0.05) is 0 Å². The second-order valence-corrected chi connectivity index (χ2v) is 7.16. The number of aromatic nitrogens is 1. The van der Waals surface area contributed by atoms with E-state index in [0.717, 1.165) is 23.4 Å². The van der Waals surface area contributed by atoms with E-state index < -0.39 is 5.54 Å². The Morgan fingerprint density at radius 3 is 3.00 bits per heavy atom. The first-order valence-corrected chi connectivity index (χ1v) is 8.30. The molecular weight excluding hydrogens is 292 g/mol. The summed E-state index contributed by atoms with van der Waals surface area (Å²) >= 11 is 2.99. The molecule has 0 aliphatic heterocycles. The summed E-state index contributed by atoms with van der Waals surface area (Å²) in [6, 6.07) is 1.99. The number of nitrogens with zero attached hydrogens (tertiary/aromatic N) is 1. The molecule has 1 fully saturated rings. The van der Waals surface area contributed by atoms with Gasteiger partial charge in [0.25, 0.3) is 5.91 Å². The van der Waals surface area contributed by atoms with Crippen LogP contribution in [0.4, 0.5) is 0 Å². The molecule has 0 bridgehead atoms. The monoisotopic (exact) mass is 308 g/mol. The van der Waals surface area contributed by atoms with Crippen molar-refractivity contribution in [2.75, 3.05) is 6.61 Å². The van der Waals surface area contributed by atoms with E-state index in [9.17, 15) is 9.90 Å². The molecule has 1 aliphatic carbocycles. The Hall–Kier alpha value is -1.24. The van der Waals surface area contributed by atoms with Crippen molar-refractivity contribution in [3.8, 4) is 10.6 Å². The molecule has 1 unspecified atom stereocenters. The third kappa shape index (κ3) is 2.63. The molecule has 0 saturated heterocycles. The fourth-order valence-corrected chi connectivity index (χ4v) is 3.73. The number of hydrogen-bond donors (Lipinski definition) is 2. The zero-order chi connectivity index (χ0) is 14.2. The van der Waals surface area contributed by atoms with Crippen LogP contribution in [0.3, 0.4) is 0 Å². The highest BCUT2D eigenvalue weighted by Crippen LogP contribution is 2.39. The number of rotatable bonds is 5. The largest absolute Gasteiger partial charge is 0.394 e. The highest BCUT2D eigenvalue weighted by molar-refractivity contribution is 7.17. The number of aliphatic hydroxyl groups is 1. The standard InChI is InChI=1S/C14H16N2O2S2/c1-14(8-17,10-2-3-10)16-12(18)11-6-15-13(20-11)9-4-5-19-7-9/h4-7,10,17H,2-3,8H2,1H3,(H,16,18). The minimum atomic E-state index is -0.510. The maximum atomic E-state index is 12.3. The second kappa shape index (κ2) is 5.27. The van der Waals surface area contributed by atoms with Crippen molar-refractivity contribution in [1.82, 2.24) is 10.3 Å². The van der Waals surface area contributed by atoms with Crippen LogP contribution in [0, 0.1) is 5.92 Å². The first-order chi connectivity index (χ1) is 9.62. The van der Waals surface area contributed by atoms with Crippen molar-refractivity contribution in [2.45, 2.75) is 25.3 Å². The van der Waals surface area contributed by atoms with Gasteiger partial charge in [-0.3, -0.25) is 4.79 Å². The average molecular weight is 308 g/mol. The highest BCUT2D eigenvalue weighted by atomic mass is 32.1. The maximum Gasteiger partial charge on any atom is 0.263 e. The zero-order valence-electron chi connectivity index (χ0n) is 11.1. The molecule has 0 spiro atoms. The third-order valence-electron chi connectivity index (χ3n) is 3.70. The van der Waals surface area contributed by atoms with Crippen molar-refractivity contribution in [3.63, 3.8) is 0 Å². The summed E-state index contributed by atoms with van der Waals surface area (Å²) in [7, 11) is 0. The molecule has 106 valence electrons. The molecule has 2 heterocycles. The smallest absolute Gasteiger partial charge is 0.263 e. The molecular formula is C14H16N2O2S2. The van der Waals surface area contributed by atoms with Crippen molar-refractivity contribution in [3.05, 3.63) is 27.9 Å². The van der Waals surface area contributed by atoms with Gasteiger partial charge in [-0.05, 0) is 37.1 Å². The summed E-state index contributed by atoms with van der Waals surface area (Å²) in [5.41, 5.74) is 0.537. The Morgan fingerprint density at radius 2 is 2.40 bits per heavy atom. The molecule has 6 heteroatoms. The quantitative estimate of drug-likeness (QED) is 0.893. The lowest BCUT2D eigenvalue weighted by Crippen LogP contribution is -2.50. The Labute approximate surface area is 125 Å². The van der Waals surface area contributed by atoms with Gasteiger partial charge in [-0.25, -0.2) is 4.98 Å². The molecule has 20 heavy (non-hydrogen) atoms. The van der Waals surface area contributed by atoms with E-state index in [1.165, 1.54) is 11.3 Å². The second-order valence-electron chi connectivity index (χ2n) is 5.35. The summed E-state index contributed by atoms with van der Waals surface area (Å²) in [4.78, 5) is 17.2. The molecule has 0 radical (unpaired) electrons. The van der Waals surface area contributed by atoms with E-state index >= 15 is 0 Å². The fraction of sp³-hybridized carbons (Fsp3) is 0.429. The van der Waals surface area contributed by atoms with Gasteiger partial charge in [0.15, 0.2) is 0 Å². The van der Waals surface area contributed by atoms with Gasteiger partial charge < -0.3 is 10.4 Å². The predicted molar refractivity (Wildman–Crippen MR) is 81.1 cm³/mol. The summed E-state index contributed by atoms with van der Waals surface area (Å²) in [5.74, 6) is 0.244. The lowest BCUT2D eigenvalue weighted by molar-refractivity contribution is 0.0828. The van der Waals surface area contributed by atoms with Crippen LogP contribution in [0.5, 0.6) is 0 Å². The Morgan fingerprint density at radius 1 is 1.60 bits per heavy atom. The van der Waals surface area contributed by atoms with Crippen LogP contribution in [-0.4, -0.2) is 28.1 Å². The average Bonchev–Trinajstić information content (AvgIpc) is 2.97. The van der Waals surface area contributed by atoms with Gasteiger partial charge in [0.05, 0.1) is 18.3 Å². The van der Waals surface area contributed by atoms with Crippen LogP contribution in [0.15, 0.2) is 23.0 Å². The first-order valence-electron chi connectivity index (χ1n) is 6.54. The SMILES string of the molecule is CC(CO)(NC(=O)c1cnc(-c2ccsc2)s1)C1CC1. The van der Waals surface area contributed by atoms with E-state index in [0.29, 0.717) is 10.8 Å². The van der Waals surface area contributed by atoms with Gasteiger partial charge in [0.2, 0.25) is 0 Å². The Kier molecular flexibility index (Phi) is 3.62. The molecule has 1 atom stereocenters. The molecule has 2 aromatic heterocycles. The third-order valence-corrected chi connectivity index (χ3v) is 5.43. The number of aliphatic hydroxyl groups excluding tert-OH is 1. The van der Waals surface area contributed by atoms with Gasteiger partial charge in [0, 0.05) is 10.9 Å². The molecule has 4 nitrogen and oxygen atoms in total. The number of nitrogens with one attached hydrogen (secondary N) is 1.